The molecule has 0 radical (unpaired) electrons. The second-order valence-corrected chi connectivity index (χ2v) is 6.12. The highest BCUT2D eigenvalue weighted by atomic mass is 32.1. The highest BCUT2D eigenvalue weighted by Gasteiger charge is 2.22. The van der Waals surface area contributed by atoms with Crippen LogP contribution in [0.15, 0.2) is 35.2 Å². The third kappa shape index (κ3) is 3.24. The van der Waals surface area contributed by atoms with Crippen LogP contribution in [0.25, 0.3) is 0 Å². The monoisotopic (exact) mass is 301 g/mol. The van der Waals surface area contributed by atoms with E-state index >= 15 is 0 Å². The van der Waals surface area contributed by atoms with E-state index in [9.17, 15) is 4.79 Å². The predicted octanol–water partition coefficient (Wildman–Crippen LogP) is 2.77. The lowest BCUT2D eigenvalue weighted by Crippen LogP contribution is -2.30. The Balaban J connectivity index is 1.75. The first-order valence-corrected chi connectivity index (χ1v) is 8.15. The van der Waals surface area contributed by atoms with Crippen molar-refractivity contribution in [3.8, 4) is 0 Å². The van der Waals surface area contributed by atoms with Gasteiger partial charge in [0.25, 0.3) is 0 Å². The summed E-state index contributed by atoms with van der Waals surface area (Å²) in [5.41, 5.74) is 5.04. The van der Waals surface area contributed by atoms with Gasteiger partial charge in [-0.3, -0.25) is 4.79 Å². The Morgan fingerprint density at radius 1 is 1.48 bits per heavy atom. The molecule has 1 atom stereocenters. The number of nitrogens with one attached hydrogen (secondary N) is 1. The topological polar surface area (TPSA) is 45.2 Å². The maximum absolute atomic E-state index is 12.2. The minimum atomic E-state index is 0.0465. The number of aromatic nitrogens is 1. The van der Waals surface area contributed by atoms with Crippen molar-refractivity contribution in [1.82, 2.24) is 10.3 Å². The number of rotatable bonds is 3. The fourth-order valence-electron chi connectivity index (χ4n) is 2.82. The molecule has 1 aliphatic heterocycles. The molecule has 4 nitrogen and oxygen atoms in total. The van der Waals surface area contributed by atoms with Gasteiger partial charge in [-0.2, -0.15) is 0 Å². The molecule has 110 valence electrons. The van der Waals surface area contributed by atoms with E-state index in [4.69, 9.17) is 0 Å². The number of hydrogen-bond donors (Lipinski definition) is 1. The standard InChI is InChI=1S/C16H19N3OS/c1-19-8-4-6-14(13-5-2-3-7-15(13)19)18-16(20)9-12-10-21-11-17-12/h2-3,5,7,10-11,14H,4,6,8-9H2,1H3,(H,18,20). The van der Waals surface area contributed by atoms with Crippen molar-refractivity contribution >= 4 is 22.9 Å². The first-order valence-electron chi connectivity index (χ1n) is 7.20. The van der Waals surface area contributed by atoms with Crippen LogP contribution in [0.3, 0.4) is 0 Å². The Bertz CT molecular complexity index is 612. The fourth-order valence-corrected chi connectivity index (χ4v) is 3.38. The minimum Gasteiger partial charge on any atom is -0.374 e. The second-order valence-electron chi connectivity index (χ2n) is 5.40. The van der Waals surface area contributed by atoms with E-state index in [1.807, 2.05) is 11.4 Å². The molecule has 0 saturated carbocycles. The molecule has 0 aliphatic carbocycles. The maximum atomic E-state index is 12.2. The average molecular weight is 301 g/mol. The van der Waals surface area contributed by atoms with E-state index in [0.29, 0.717) is 6.42 Å². The second kappa shape index (κ2) is 6.26. The number of para-hydroxylation sites is 1. The van der Waals surface area contributed by atoms with Gasteiger partial charge in [-0.15, -0.1) is 11.3 Å². The number of fused-ring (bicyclic) bond motifs is 1. The number of thiazole rings is 1. The van der Waals surface area contributed by atoms with Gasteiger partial charge in [-0.1, -0.05) is 18.2 Å². The lowest BCUT2D eigenvalue weighted by Gasteiger charge is -2.22. The summed E-state index contributed by atoms with van der Waals surface area (Å²) in [6, 6.07) is 8.43. The zero-order valence-corrected chi connectivity index (χ0v) is 12.9. The zero-order chi connectivity index (χ0) is 14.7. The van der Waals surface area contributed by atoms with Gasteiger partial charge in [0, 0.05) is 24.7 Å². The third-order valence-corrected chi connectivity index (χ3v) is 4.51. The molecular formula is C16H19N3OS. The van der Waals surface area contributed by atoms with Crippen LogP contribution in [-0.4, -0.2) is 24.5 Å². The summed E-state index contributed by atoms with van der Waals surface area (Å²) < 4.78 is 0. The Morgan fingerprint density at radius 3 is 3.14 bits per heavy atom. The van der Waals surface area contributed by atoms with Crippen LogP contribution < -0.4 is 10.2 Å². The van der Waals surface area contributed by atoms with E-state index < -0.39 is 0 Å². The van der Waals surface area contributed by atoms with Gasteiger partial charge < -0.3 is 10.2 Å². The van der Waals surface area contributed by atoms with Crippen LogP contribution in [-0.2, 0) is 11.2 Å². The fraction of sp³-hybridized carbons (Fsp3) is 0.375. The zero-order valence-electron chi connectivity index (χ0n) is 12.1. The molecule has 0 bridgehead atoms. The molecule has 5 heteroatoms. The van der Waals surface area contributed by atoms with E-state index in [0.717, 1.165) is 25.1 Å². The minimum absolute atomic E-state index is 0.0465. The average Bonchev–Trinajstić information content (AvgIpc) is 2.93. The van der Waals surface area contributed by atoms with Crippen LogP contribution in [0.2, 0.25) is 0 Å². The lowest BCUT2D eigenvalue weighted by molar-refractivity contribution is -0.121. The Hall–Kier alpha value is -1.88. The van der Waals surface area contributed by atoms with Gasteiger partial charge in [0.15, 0.2) is 0 Å². The van der Waals surface area contributed by atoms with E-state index in [-0.39, 0.29) is 11.9 Å². The summed E-state index contributed by atoms with van der Waals surface area (Å²) in [4.78, 5) is 18.7. The number of hydrogen-bond acceptors (Lipinski definition) is 4. The summed E-state index contributed by atoms with van der Waals surface area (Å²) in [5, 5.41) is 5.10. The van der Waals surface area contributed by atoms with Crippen molar-refractivity contribution in [2.45, 2.75) is 25.3 Å². The smallest absolute Gasteiger partial charge is 0.226 e. The van der Waals surface area contributed by atoms with Crippen molar-refractivity contribution in [2.75, 3.05) is 18.5 Å². The van der Waals surface area contributed by atoms with Gasteiger partial charge in [0.1, 0.15) is 0 Å². The lowest BCUT2D eigenvalue weighted by atomic mass is 10.0. The SMILES string of the molecule is CN1CCCC(NC(=O)Cc2cscn2)c2ccccc21. The normalized spacial score (nSPS) is 18.0. The van der Waals surface area contributed by atoms with E-state index in [2.05, 4.69) is 40.4 Å². The van der Waals surface area contributed by atoms with Crippen LogP contribution in [0.1, 0.15) is 30.1 Å². The predicted molar refractivity (Wildman–Crippen MR) is 85.6 cm³/mol. The first kappa shape index (κ1) is 14.1. The summed E-state index contributed by atoms with van der Waals surface area (Å²) in [6.07, 6.45) is 2.41. The van der Waals surface area contributed by atoms with E-state index in [1.165, 1.54) is 22.6 Å². The largest absolute Gasteiger partial charge is 0.374 e. The molecule has 0 saturated heterocycles. The van der Waals surface area contributed by atoms with Gasteiger partial charge in [0.2, 0.25) is 5.91 Å². The molecule has 0 fully saturated rings. The van der Waals surface area contributed by atoms with Crippen molar-refractivity contribution < 1.29 is 4.79 Å². The molecule has 1 aromatic heterocycles. The van der Waals surface area contributed by atoms with Crippen molar-refractivity contribution in [3.05, 3.63) is 46.4 Å². The number of carbonyl (C=O) groups excluding carboxylic acids is 1. The molecule has 0 spiro atoms. The maximum Gasteiger partial charge on any atom is 0.226 e. The van der Waals surface area contributed by atoms with Crippen LogP contribution in [0, 0.1) is 0 Å². The summed E-state index contributed by atoms with van der Waals surface area (Å²) in [5.74, 6) is 0.0465. The highest BCUT2D eigenvalue weighted by Crippen LogP contribution is 2.31. The van der Waals surface area contributed by atoms with Crippen molar-refractivity contribution in [3.63, 3.8) is 0 Å². The molecule has 2 aromatic rings. The molecule has 3 rings (SSSR count). The van der Waals surface area contributed by atoms with E-state index in [1.54, 1.807) is 5.51 Å². The molecular weight excluding hydrogens is 282 g/mol. The molecule has 1 unspecified atom stereocenters. The number of anilines is 1. The number of carbonyl (C=O) groups is 1. The van der Waals surface area contributed by atoms with Crippen LogP contribution in [0.4, 0.5) is 5.69 Å². The number of amides is 1. The Kier molecular flexibility index (Phi) is 4.20. The Labute approximate surface area is 128 Å². The molecule has 1 aliphatic rings. The third-order valence-electron chi connectivity index (χ3n) is 3.87. The van der Waals surface area contributed by atoms with Crippen LogP contribution >= 0.6 is 11.3 Å². The summed E-state index contributed by atoms with van der Waals surface area (Å²) >= 11 is 1.52. The quantitative estimate of drug-likeness (QED) is 0.948. The summed E-state index contributed by atoms with van der Waals surface area (Å²) in [6.45, 7) is 1.02. The van der Waals surface area contributed by atoms with Crippen LogP contribution in [0.5, 0.6) is 0 Å². The summed E-state index contributed by atoms with van der Waals surface area (Å²) in [7, 11) is 2.11. The van der Waals surface area contributed by atoms with Gasteiger partial charge in [-0.25, -0.2) is 4.98 Å². The number of benzene rings is 1. The molecule has 1 aromatic carbocycles. The van der Waals surface area contributed by atoms with Gasteiger partial charge in [-0.05, 0) is 24.5 Å². The first-order chi connectivity index (χ1) is 10.2. The van der Waals surface area contributed by atoms with Gasteiger partial charge in [0.05, 0.1) is 23.7 Å². The van der Waals surface area contributed by atoms with Gasteiger partial charge >= 0.3 is 0 Å². The molecule has 1 N–H and O–H groups in total. The highest BCUT2D eigenvalue weighted by molar-refractivity contribution is 7.07. The molecule has 2 heterocycles. The molecule has 21 heavy (non-hydrogen) atoms. The van der Waals surface area contributed by atoms with Crippen molar-refractivity contribution in [1.29, 1.82) is 0 Å². The Morgan fingerprint density at radius 2 is 2.33 bits per heavy atom. The van der Waals surface area contributed by atoms with Crippen molar-refractivity contribution in [2.24, 2.45) is 0 Å². The number of nitrogens with zero attached hydrogens (tertiary/aromatic N) is 2. The molecule has 1 amide bonds.